The predicted octanol–water partition coefficient (Wildman–Crippen LogP) is 4.35. The van der Waals surface area contributed by atoms with Crippen LogP contribution < -0.4 is 0 Å². The quantitative estimate of drug-likeness (QED) is 0.609. The lowest BCUT2D eigenvalue weighted by atomic mass is 10.1. The highest BCUT2D eigenvalue weighted by molar-refractivity contribution is 9.10. The summed E-state index contributed by atoms with van der Waals surface area (Å²) >= 11 is 3.36. The summed E-state index contributed by atoms with van der Waals surface area (Å²) in [6.45, 7) is 1.71. The maximum absolute atomic E-state index is 12.0. The first-order valence-electron chi connectivity index (χ1n) is 7.44. The third-order valence-electron chi connectivity index (χ3n) is 3.38. The van der Waals surface area contributed by atoms with E-state index in [0.717, 1.165) is 15.6 Å². The van der Waals surface area contributed by atoms with Crippen LogP contribution in [0.15, 0.2) is 63.5 Å². The van der Waals surface area contributed by atoms with Gasteiger partial charge in [0, 0.05) is 10.0 Å². The van der Waals surface area contributed by atoms with Gasteiger partial charge in [0.15, 0.2) is 6.10 Å². The van der Waals surface area contributed by atoms with Crippen molar-refractivity contribution >= 4 is 21.9 Å². The van der Waals surface area contributed by atoms with Crippen LogP contribution in [0.25, 0.3) is 11.5 Å². The lowest BCUT2D eigenvalue weighted by Gasteiger charge is -2.09. The minimum atomic E-state index is -0.599. The monoisotopic (exact) mass is 386 g/mol. The number of rotatable bonds is 5. The molecule has 0 amide bonds. The second kappa shape index (κ2) is 7.40. The average molecular weight is 387 g/mol. The van der Waals surface area contributed by atoms with Gasteiger partial charge < -0.3 is 9.15 Å². The van der Waals surface area contributed by atoms with Crippen LogP contribution in [0.1, 0.15) is 24.5 Å². The van der Waals surface area contributed by atoms with Crippen LogP contribution in [-0.2, 0) is 16.0 Å². The van der Waals surface area contributed by atoms with Crippen molar-refractivity contribution in [2.45, 2.75) is 19.4 Å². The van der Waals surface area contributed by atoms with Gasteiger partial charge in [0.1, 0.15) is 0 Å². The van der Waals surface area contributed by atoms with Crippen LogP contribution in [0, 0.1) is 0 Å². The molecule has 0 radical (unpaired) electrons. The Morgan fingerprint density at radius 1 is 1.12 bits per heavy atom. The lowest BCUT2D eigenvalue weighted by molar-refractivity contribution is -0.148. The van der Waals surface area contributed by atoms with Gasteiger partial charge in [-0.15, -0.1) is 10.2 Å². The highest BCUT2D eigenvalue weighted by Crippen LogP contribution is 2.22. The van der Waals surface area contributed by atoms with E-state index in [1.54, 1.807) is 6.92 Å². The Morgan fingerprint density at radius 2 is 1.83 bits per heavy atom. The third-order valence-corrected chi connectivity index (χ3v) is 3.91. The van der Waals surface area contributed by atoms with Crippen molar-refractivity contribution in [2.24, 2.45) is 0 Å². The van der Waals surface area contributed by atoms with Gasteiger partial charge in [-0.3, -0.25) is 4.79 Å². The van der Waals surface area contributed by atoms with Gasteiger partial charge in [-0.2, -0.15) is 0 Å². The van der Waals surface area contributed by atoms with Crippen LogP contribution >= 0.6 is 15.9 Å². The zero-order valence-electron chi connectivity index (χ0n) is 13.0. The topological polar surface area (TPSA) is 65.2 Å². The number of carbonyl (C=O) groups excluding carboxylic acids is 1. The molecule has 0 aliphatic rings. The third kappa shape index (κ3) is 4.08. The Hall–Kier alpha value is -2.47. The molecule has 1 unspecified atom stereocenters. The summed E-state index contributed by atoms with van der Waals surface area (Å²) in [5, 5.41) is 7.96. The molecule has 2 aromatic carbocycles. The molecule has 24 heavy (non-hydrogen) atoms. The minimum Gasteiger partial charge on any atom is -0.452 e. The molecular formula is C18H15BrN2O3. The van der Waals surface area contributed by atoms with Gasteiger partial charge in [0.05, 0.1) is 6.42 Å². The molecule has 6 heteroatoms. The summed E-state index contributed by atoms with van der Waals surface area (Å²) < 4.78 is 11.9. The molecule has 0 aliphatic heterocycles. The van der Waals surface area contributed by atoms with E-state index in [0.29, 0.717) is 5.89 Å². The Labute approximate surface area is 147 Å². The number of esters is 1. The number of halogens is 1. The molecule has 0 N–H and O–H groups in total. The van der Waals surface area contributed by atoms with Gasteiger partial charge in [0.2, 0.25) is 5.89 Å². The zero-order valence-corrected chi connectivity index (χ0v) is 14.6. The zero-order chi connectivity index (χ0) is 16.9. The second-order valence-electron chi connectivity index (χ2n) is 5.25. The number of nitrogens with zero attached hydrogens (tertiary/aromatic N) is 2. The molecule has 0 fully saturated rings. The Morgan fingerprint density at radius 3 is 2.54 bits per heavy atom. The van der Waals surface area contributed by atoms with Gasteiger partial charge in [-0.05, 0) is 36.8 Å². The molecule has 1 atom stereocenters. The summed E-state index contributed by atoms with van der Waals surface area (Å²) in [5.41, 5.74) is 1.70. The molecule has 0 spiro atoms. The van der Waals surface area contributed by atoms with E-state index in [1.807, 2.05) is 54.6 Å². The van der Waals surface area contributed by atoms with Crippen LogP contribution in [-0.4, -0.2) is 16.2 Å². The molecule has 1 aromatic heterocycles. The van der Waals surface area contributed by atoms with Crippen LogP contribution in [0.5, 0.6) is 0 Å². The van der Waals surface area contributed by atoms with E-state index < -0.39 is 6.10 Å². The number of hydrogen-bond acceptors (Lipinski definition) is 5. The maximum atomic E-state index is 12.0. The van der Waals surface area contributed by atoms with Crippen molar-refractivity contribution < 1.29 is 13.9 Å². The van der Waals surface area contributed by atoms with E-state index in [9.17, 15) is 4.79 Å². The predicted molar refractivity (Wildman–Crippen MR) is 92.1 cm³/mol. The second-order valence-corrected chi connectivity index (χ2v) is 6.16. The van der Waals surface area contributed by atoms with Gasteiger partial charge in [0.25, 0.3) is 5.89 Å². The average Bonchev–Trinajstić information content (AvgIpc) is 3.08. The van der Waals surface area contributed by atoms with Crippen molar-refractivity contribution in [3.63, 3.8) is 0 Å². The number of ether oxygens (including phenoxy) is 1. The normalized spacial score (nSPS) is 11.9. The van der Waals surface area contributed by atoms with Gasteiger partial charge >= 0.3 is 5.97 Å². The van der Waals surface area contributed by atoms with Crippen molar-refractivity contribution in [1.82, 2.24) is 10.2 Å². The number of benzene rings is 2. The van der Waals surface area contributed by atoms with Gasteiger partial charge in [-0.1, -0.05) is 46.3 Å². The Kier molecular flexibility index (Phi) is 5.05. The Bertz CT molecular complexity index is 816. The maximum Gasteiger partial charge on any atom is 0.311 e. The smallest absolute Gasteiger partial charge is 0.311 e. The van der Waals surface area contributed by atoms with Crippen molar-refractivity contribution in [2.75, 3.05) is 0 Å². The number of carbonyl (C=O) groups is 1. The molecular weight excluding hydrogens is 372 g/mol. The van der Waals surface area contributed by atoms with Crippen molar-refractivity contribution in [1.29, 1.82) is 0 Å². The highest BCUT2D eigenvalue weighted by Gasteiger charge is 2.19. The SMILES string of the molecule is CC(OC(=O)Cc1ccc(Br)cc1)c1nnc(-c2ccccc2)o1. The number of hydrogen-bond donors (Lipinski definition) is 0. The van der Waals surface area contributed by atoms with E-state index in [4.69, 9.17) is 9.15 Å². The van der Waals surface area contributed by atoms with Crippen LogP contribution in [0.3, 0.4) is 0 Å². The molecule has 0 saturated heterocycles. The summed E-state index contributed by atoms with van der Waals surface area (Å²) in [6, 6.07) is 17.0. The van der Waals surface area contributed by atoms with Gasteiger partial charge in [-0.25, -0.2) is 0 Å². The van der Waals surface area contributed by atoms with Crippen LogP contribution in [0.4, 0.5) is 0 Å². The molecule has 0 aliphatic carbocycles. The standard InChI is InChI=1S/C18H15BrN2O3/c1-12(23-16(22)11-13-7-9-15(19)10-8-13)17-20-21-18(24-17)14-5-3-2-4-6-14/h2-10,12H,11H2,1H3. The molecule has 0 bridgehead atoms. The van der Waals surface area contributed by atoms with E-state index in [1.165, 1.54) is 0 Å². The lowest BCUT2D eigenvalue weighted by Crippen LogP contribution is -2.11. The summed E-state index contributed by atoms with van der Waals surface area (Å²) in [5.74, 6) is 0.337. The molecule has 0 saturated carbocycles. The molecule has 122 valence electrons. The summed E-state index contributed by atoms with van der Waals surface area (Å²) in [6.07, 6.45) is -0.407. The van der Waals surface area contributed by atoms with E-state index in [2.05, 4.69) is 26.1 Å². The fourth-order valence-electron chi connectivity index (χ4n) is 2.15. The van der Waals surface area contributed by atoms with Crippen molar-refractivity contribution in [3.8, 4) is 11.5 Å². The largest absolute Gasteiger partial charge is 0.452 e. The highest BCUT2D eigenvalue weighted by atomic mass is 79.9. The Balaban J connectivity index is 1.62. The minimum absolute atomic E-state index is 0.192. The first-order chi connectivity index (χ1) is 11.6. The van der Waals surface area contributed by atoms with Crippen LogP contribution in [0.2, 0.25) is 0 Å². The summed E-state index contributed by atoms with van der Waals surface area (Å²) in [7, 11) is 0. The summed E-state index contributed by atoms with van der Waals surface area (Å²) in [4.78, 5) is 12.0. The molecule has 3 rings (SSSR count). The number of aromatic nitrogens is 2. The fraction of sp³-hybridized carbons (Fsp3) is 0.167. The first-order valence-corrected chi connectivity index (χ1v) is 8.24. The first kappa shape index (κ1) is 16.4. The van der Waals surface area contributed by atoms with E-state index >= 15 is 0 Å². The fourth-order valence-corrected chi connectivity index (χ4v) is 2.42. The molecule has 3 aromatic rings. The van der Waals surface area contributed by atoms with E-state index in [-0.39, 0.29) is 18.3 Å². The van der Waals surface area contributed by atoms with Crippen molar-refractivity contribution in [3.05, 3.63) is 70.5 Å². The molecule has 1 heterocycles. The molecule has 5 nitrogen and oxygen atoms in total.